The summed E-state index contributed by atoms with van der Waals surface area (Å²) in [4.78, 5) is 11.7. The number of rotatable bonds is 5. The third-order valence-electron chi connectivity index (χ3n) is 5.06. The number of cyclic esters (lactones) is 1. The molecular weight excluding hydrogens is 418 g/mol. The quantitative estimate of drug-likeness (QED) is 0.487. The van der Waals surface area contributed by atoms with Crippen molar-refractivity contribution in [3.8, 4) is 0 Å². The van der Waals surface area contributed by atoms with E-state index >= 15 is 0 Å². The topological polar surface area (TPSA) is 90.1 Å². The molecule has 0 amide bonds. The van der Waals surface area contributed by atoms with E-state index in [4.69, 9.17) is 4.74 Å². The Hall–Kier alpha value is -3.72. The Morgan fingerprint density at radius 1 is 1.09 bits per heavy atom. The smallest absolute Gasteiger partial charge is 0.309 e. The number of carbonyl (C=O) groups is 1. The van der Waals surface area contributed by atoms with E-state index in [1.807, 2.05) is 0 Å². The SMILES string of the molecule is Cn1nnnc1C(/C=C/C1CC(O)CC(=O)O1)=C(c1ccc(F)cc1)c1ccc(F)cc1. The van der Waals surface area contributed by atoms with Crippen LogP contribution < -0.4 is 0 Å². The van der Waals surface area contributed by atoms with Crippen molar-refractivity contribution in [3.63, 3.8) is 0 Å². The van der Waals surface area contributed by atoms with E-state index in [-0.39, 0.29) is 12.8 Å². The molecule has 4 rings (SSSR count). The molecular formula is C23H20F2N4O3. The zero-order chi connectivity index (χ0) is 22.7. The first-order valence-electron chi connectivity index (χ1n) is 9.95. The highest BCUT2D eigenvalue weighted by molar-refractivity contribution is 6.00. The molecule has 3 aromatic rings. The number of nitrogens with zero attached hydrogens (tertiary/aromatic N) is 4. The maximum atomic E-state index is 13.6. The van der Waals surface area contributed by atoms with Gasteiger partial charge in [0, 0.05) is 19.0 Å². The standard InChI is InChI=1S/C23H20F2N4O3/c1-29-23(26-27-28-29)20(11-10-19-12-18(30)13-21(31)32-19)22(14-2-6-16(24)7-3-14)15-4-8-17(25)9-5-15/h2-11,18-19,30H,12-13H2,1H3/b11-10+. The summed E-state index contributed by atoms with van der Waals surface area (Å²) >= 11 is 0. The molecule has 0 saturated carbocycles. The number of aliphatic hydroxyl groups excluding tert-OH is 1. The number of aromatic nitrogens is 4. The summed E-state index contributed by atoms with van der Waals surface area (Å²) in [5.41, 5.74) is 2.48. The van der Waals surface area contributed by atoms with Crippen molar-refractivity contribution >= 4 is 17.1 Å². The third kappa shape index (κ3) is 4.78. The van der Waals surface area contributed by atoms with Crippen molar-refractivity contribution in [2.75, 3.05) is 0 Å². The van der Waals surface area contributed by atoms with Crippen molar-refractivity contribution in [2.45, 2.75) is 25.0 Å². The first-order chi connectivity index (χ1) is 15.4. The van der Waals surface area contributed by atoms with Gasteiger partial charge < -0.3 is 9.84 Å². The summed E-state index contributed by atoms with van der Waals surface area (Å²) < 4.78 is 34.0. The molecule has 1 aliphatic heterocycles. The fourth-order valence-corrected chi connectivity index (χ4v) is 3.57. The summed E-state index contributed by atoms with van der Waals surface area (Å²) in [6.45, 7) is 0. The van der Waals surface area contributed by atoms with Crippen molar-refractivity contribution < 1.29 is 23.4 Å². The Labute approximate surface area is 182 Å². The highest BCUT2D eigenvalue weighted by Gasteiger charge is 2.26. The fourth-order valence-electron chi connectivity index (χ4n) is 3.57. The molecule has 164 valence electrons. The van der Waals surface area contributed by atoms with Crippen molar-refractivity contribution in [1.29, 1.82) is 0 Å². The molecule has 2 unspecified atom stereocenters. The normalized spacial score (nSPS) is 18.6. The number of tetrazole rings is 1. The lowest BCUT2D eigenvalue weighted by molar-refractivity contribution is -0.156. The molecule has 32 heavy (non-hydrogen) atoms. The molecule has 2 atom stereocenters. The Kier molecular flexibility index (Phi) is 6.18. The number of allylic oxidation sites excluding steroid dienone is 2. The van der Waals surface area contributed by atoms with Gasteiger partial charge in [0.15, 0.2) is 5.82 Å². The summed E-state index contributed by atoms with van der Waals surface area (Å²) in [6.07, 6.45) is 2.14. The first kappa shape index (κ1) is 21.5. The van der Waals surface area contributed by atoms with E-state index in [0.29, 0.717) is 28.1 Å². The van der Waals surface area contributed by atoms with Gasteiger partial charge in [0.1, 0.15) is 17.7 Å². The highest BCUT2D eigenvalue weighted by Crippen LogP contribution is 2.33. The summed E-state index contributed by atoms with van der Waals surface area (Å²) in [6, 6.07) is 11.7. The summed E-state index contributed by atoms with van der Waals surface area (Å²) in [5, 5.41) is 21.6. The average molecular weight is 438 g/mol. The van der Waals surface area contributed by atoms with Crippen LogP contribution in [0.4, 0.5) is 8.78 Å². The lowest BCUT2D eigenvalue weighted by atomic mass is 9.91. The molecule has 0 aliphatic carbocycles. The zero-order valence-electron chi connectivity index (χ0n) is 17.2. The van der Waals surface area contributed by atoms with Crippen LogP contribution in [0.15, 0.2) is 60.7 Å². The fraction of sp³-hybridized carbons (Fsp3) is 0.217. The number of ether oxygens (including phenoxy) is 1. The first-order valence-corrected chi connectivity index (χ1v) is 9.95. The van der Waals surface area contributed by atoms with Gasteiger partial charge in [0.05, 0.1) is 12.5 Å². The number of carbonyl (C=O) groups excluding carboxylic acids is 1. The van der Waals surface area contributed by atoms with Gasteiger partial charge >= 0.3 is 5.97 Å². The van der Waals surface area contributed by atoms with Crippen LogP contribution in [0.1, 0.15) is 29.8 Å². The van der Waals surface area contributed by atoms with E-state index in [1.165, 1.54) is 28.9 Å². The molecule has 0 radical (unpaired) electrons. The van der Waals surface area contributed by atoms with E-state index in [0.717, 1.165) is 0 Å². The van der Waals surface area contributed by atoms with Gasteiger partial charge in [-0.15, -0.1) is 5.10 Å². The van der Waals surface area contributed by atoms with Crippen molar-refractivity contribution in [2.24, 2.45) is 7.05 Å². The highest BCUT2D eigenvalue weighted by atomic mass is 19.1. The van der Waals surface area contributed by atoms with Gasteiger partial charge in [0.25, 0.3) is 0 Å². The summed E-state index contributed by atoms with van der Waals surface area (Å²) in [5.74, 6) is -0.880. The monoisotopic (exact) mass is 438 g/mol. The van der Waals surface area contributed by atoms with Crippen LogP contribution in [0, 0.1) is 11.6 Å². The van der Waals surface area contributed by atoms with Crippen LogP contribution in [-0.2, 0) is 16.6 Å². The Bertz CT molecular complexity index is 1120. The van der Waals surface area contributed by atoms with Crippen molar-refractivity contribution in [1.82, 2.24) is 20.2 Å². The van der Waals surface area contributed by atoms with Gasteiger partial charge in [-0.3, -0.25) is 4.79 Å². The van der Waals surface area contributed by atoms with Gasteiger partial charge in [-0.25, -0.2) is 13.5 Å². The second kappa shape index (κ2) is 9.19. The molecule has 1 N–H and O–H groups in total. The minimum Gasteiger partial charge on any atom is -0.458 e. The van der Waals surface area contributed by atoms with E-state index in [9.17, 15) is 18.7 Å². The lowest BCUT2D eigenvalue weighted by Crippen LogP contribution is -2.31. The van der Waals surface area contributed by atoms with Gasteiger partial charge in [-0.05, 0) is 57.5 Å². The number of esters is 1. The molecule has 0 spiro atoms. The molecule has 7 nitrogen and oxygen atoms in total. The van der Waals surface area contributed by atoms with Gasteiger partial charge in [-0.2, -0.15) is 0 Å². The number of benzene rings is 2. The molecule has 1 saturated heterocycles. The number of hydrogen-bond donors (Lipinski definition) is 1. The second-order valence-electron chi connectivity index (χ2n) is 7.41. The van der Waals surface area contributed by atoms with Crippen LogP contribution in [-0.4, -0.2) is 43.5 Å². The van der Waals surface area contributed by atoms with Gasteiger partial charge in [0.2, 0.25) is 0 Å². The van der Waals surface area contributed by atoms with Crippen molar-refractivity contribution in [3.05, 3.63) is 89.3 Å². The van der Waals surface area contributed by atoms with E-state index in [2.05, 4.69) is 15.5 Å². The predicted molar refractivity (Wildman–Crippen MR) is 112 cm³/mol. The number of aliphatic hydroxyl groups is 1. The zero-order valence-corrected chi connectivity index (χ0v) is 17.2. The average Bonchev–Trinajstić information content (AvgIpc) is 3.18. The van der Waals surface area contributed by atoms with Crippen LogP contribution >= 0.6 is 0 Å². The minimum atomic E-state index is -0.788. The van der Waals surface area contributed by atoms with Gasteiger partial charge in [-0.1, -0.05) is 30.3 Å². The van der Waals surface area contributed by atoms with E-state index < -0.39 is 29.8 Å². The number of hydrogen-bond acceptors (Lipinski definition) is 6. The second-order valence-corrected chi connectivity index (χ2v) is 7.41. The van der Waals surface area contributed by atoms with Crippen LogP contribution in [0.25, 0.3) is 11.1 Å². The number of halogens is 2. The van der Waals surface area contributed by atoms with Crippen LogP contribution in [0.3, 0.4) is 0 Å². The molecule has 2 heterocycles. The molecule has 2 aromatic carbocycles. The minimum absolute atomic E-state index is 0.0450. The molecule has 1 aromatic heterocycles. The largest absolute Gasteiger partial charge is 0.458 e. The predicted octanol–water partition coefficient (Wildman–Crippen LogP) is 3.07. The van der Waals surface area contributed by atoms with E-state index in [1.54, 1.807) is 43.5 Å². The molecule has 1 aliphatic rings. The Morgan fingerprint density at radius 3 is 2.19 bits per heavy atom. The molecule has 1 fully saturated rings. The summed E-state index contributed by atoms with van der Waals surface area (Å²) in [7, 11) is 1.67. The molecule has 0 bridgehead atoms. The maximum Gasteiger partial charge on any atom is 0.309 e. The Balaban J connectivity index is 1.90. The Morgan fingerprint density at radius 2 is 1.69 bits per heavy atom. The molecule has 9 heteroatoms. The number of aryl methyl sites for hydroxylation is 1. The van der Waals surface area contributed by atoms with Crippen LogP contribution in [0.5, 0.6) is 0 Å². The third-order valence-corrected chi connectivity index (χ3v) is 5.06. The van der Waals surface area contributed by atoms with Crippen LogP contribution in [0.2, 0.25) is 0 Å². The lowest BCUT2D eigenvalue weighted by Gasteiger charge is -2.23. The maximum absolute atomic E-state index is 13.6.